The average Bonchev–Trinajstić information content (AvgIpc) is 2.86. The Kier molecular flexibility index (Phi) is 4.83. The highest BCUT2D eigenvalue weighted by Gasteiger charge is 2.18. The summed E-state index contributed by atoms with van der Waals surface area (Å²) in [5.41, 5.74) is 7.93. The highest BCUT2D eigenvalue weighted by atomic mass is 32.2. The molecule has 0 aliphatic heterocycles. The molecule has 0 amide bonds. The number of aromatic nitrogens is 2. The van der Waals surface area contributed by atoms with Crippen LogP contribution in [-0.4, -0.2) is 28.8 Å². The maximum atomic E-state index is 5.69. The van der Waals surface area contributed by atoms with Gasteiger partial charge in [0.2, 0.25) is 0 Å². The fourth-order valence-corrected chi connectivity index (χ4v) is 2.90. The van der Waals surface area contributed by atoms with Gasteiger partial charge in [0.25, 0.3) is 0 Å². The van der Waals surface area contributed by atoms with Crippen molar-refractivity contribution in [2.45, 2.75) is 50.2 Å². The van der Waals surface area contributed by atoms with Crippen molar-refractivity contribution in [1.82, 2.24) is 9.97 Å². The van der Waals surface area contributed by atoms with E-state index in [1.807, 2.05) is 13.2 Å². The minimum absolute atomic E-state index is 0.575. The topological polar surface area (TPSA) is 63.8 Å². The lowest BCUT2D eigenvalue weighted by Crippen LogP contribution is -2.19. The van der Waals surface area contributed by atoms with Crippen LogP contribution in [0, 0.1) is 6.92 Å². The second-order valence-electron chi connectivity index (χ2n) is 4.79. The SMILES string of the molecule is CSc1nc(C)c(CCN)c(NC2CCCC2)n1. The molecule has 100 valence electrons. The quantitative estimate of drug-likeness (QED) is 0.633. The number of nitrogens with one attached hydrogen (secondary N) is 1. The molecule has 2 rings (SSSR count). The Balaban J connectivity index is 2.25. The molecule has 18 heavy (non-hydrogen) atoms. The summed E-state index contributed by atoms with van der Waals surface area (Å²) in [7, 11) is 0. The van der Waals surface area contributed by atoms with Gasteiger partial charge in [0, 0.05) is 17.3 Å². The van der Waals surface area contributed by atoms with Crippen molar-refractivity contribution in [3.63, 3.8) is 0 Å². The van der Waals surface area contributed by atoms with Crippen LogP contribution in [0.3, 0.4) is 0 Å². The number of anilines is 1. The van der Waals surface area contributed by atoms with Gasteiger partial charge in [-0.25, -0.2) is 9.97 Å². The van der Waals surface area contributed by atoms with E-state index < -0.39 is 0 Å². The van der Waals surface area contributed by atoms with E-state index in [2.05, 4.69) is 15.3 Å². The van der Waals surface area contributed by atoms with E-state index in [-0.39, 0.29) is 0 Å². The highest BCUT2D eigenvalue weighted by Crippen LogP contribution is 2.26. The molecular weight excluding hydrogens is 244 g/mol. The Hall–Kier alpha value is -0.810. The summed E-state index contributed by atoms with van der Waals surface area (Å²) in [6, 6.07) is 0.575. The first-order valence-corrected chi connectivity index (χ1v) is 7.85. The molecule has 1 fully saturated rings. The Bertz CT molecular complexity index is 402. The van der Waals surface area contributed by atoms with Gasteiger partial charge < -0.3 is 11.1 Å². The molecule has 1 aromatic rings. The van der Waals surface area contributed by atoms with Crippen LogP contribution in [0.1, 0.15) is 36.9 Å². The van der Waals surface area contributed by atoms with Crippen molar-refractivity contribution in [1.29, 1.82) is 0 Å². The smallest absolute Gasteiger partial charge is 0.189 e. The minimum Gasteiger partial charge on any atom is -0.367 e. The van der Waals surface area contributed by atoms with Crippen LogP contribution >= 0.6 is 11.8 Å². The normalized spacial score (nSPS) is 16.2. The first kappa shape index (κ1) is 13.6. The fraction of sp³-hybridized carbons (Fsp3) is 0.692. The van der Waals surface area contributed by atoms with E-state index in [1.165, 1.54) is 31.2 Å². The van der Waals surface area contributed by atoms with Crippen molar-refractivity contribution >= 4 is 17.6 Å². The van der Waals surface area contributed by atoms with E-state index in [4.69, 9.17) is 5.73 Å². The third-order valence-corrected chi connectivity index (χ3v) is 4.01. The lowest BCUT2D eigenvalue weighted by molar-refractivity contribution is 0.737. The van der Waals surface area contributed by atoms with Crippen molar-refractivity contribution in [3.05, 3.63) is 11.3 Å². The number of nitrogens with two attached hydrogens (primary N) is 1. The van der Waals surface area contributed by atoms with Crippen LogP contribution in [0.2, 0.25) is 0 Å². The Morgan fingerprint density at radius 3 is 2.67 bits per heavy atom. The lowest BCUT2D eigenvalue weighted by Gasteiger charge is -2.17. The molecular formula is C13H22N4S. The summed E-state index contributed by atoms with van der Waals surface area (Å²) in [5.74, 6) is 1.00. The molecule has 1 aliphatic rings. The standard InChI is InChI=1S/C13H22N4S/c1-9-11(7-8-14)12(17-13(15-9)18-2)16-10-5-3-4-6-10/h10H,3-8,14H2,1-2H3,(H,15,16,17). The molecule has 1 aliphatic carbocycles. The van der Waals surface area contributed by atoms with Gasteiger partial charge in [-0.2, -0.15) is 0 Å². The predicted octanol–water partition coefficient (Wildman–Crippen LogP) is 2.36. The van der Waals surface area contributed by atoms with Crippen LogP contribution in [0.4, 0.5) is 5.82 Å². The highest BCUT2D eigenvalue weighted by molar-refractivity contribution is 7.98. The van der Waals surface area contributed by atoms with Crippen LogP contribution in [0.25, 0.3) is 0 Å². The molecule has 0 bridgehead atoms. The Morgan fingerprint density at radius 1 is 1.33 bits per heavy atom. The second-order valence-corrected chi connectivity index (χ2v) is 5.56. The van der Waals surface area contributed by atoms with Gasteiger partial charge >= 0.3 is 0 Å². The first-order chi connectivity index (χ1) is 8.74. The van der Waals surface area contributed by atoms with Gasteiger partial charge in [-0.15, -0.1) is 0 Å². The fourth-order valence-electron chi connectivity index (χ4n) is 2.49. The van der Waals surface area contributed by atoms with Gasteiger partial charge in [-0.05, 0) is 39.0 Å². The van der Waals surface area contributed by atoms with Gasteiger partial charge in [0.15, 0.2) is 5.16 Å². The number of aryl methyl sites for hydroxylation is 1. The van der Waals surface area contributed by atoms with Gasteiger partial charge in [-0.3, -0.25) is 0 Å². The van der Waals surface area contributed by atoms with Crippen molar-refractivity contribution in [2.75, 3.05) is 18.1 Å². The van der Waals surface area contributed by atoms with Gasteiger partial charge in [0.1, 0.15) is 5.82 Å². The number of rotatable bonds is 5. The van der Waals surface area contributed by atoms with Crippen LogP contribution in [-0.2, 0) is 6.42 Å². The molecule has 3 N–H and O–H groups in total. The zero-order valence-corrected chi connectivity index (χ0v) is 12.0. The molecule has 0 spiro atoms. The third-order valence-electron chi connectivity index (χ3n) is 3.47. The first-order valence-electron chi connectivity index (χ1n) is 6.62. The maximum absolute atomic E-state index is 5.69. The third kappa shape index (κ3) is 3.14. The summed E-state index contributed by atoms with van der Waals surface area (Å²) in [4.78, 5) is 9.12. The van der Waals surface area contributed by atoms with E-state index in [9.17, 15) is 0 Å². The minimum atomic E-state index is 0.575. The zero-order valence-electron chi connectivity index (χ0n) is 11.2. The molecule has 0 atom stereocenters. The second kappa shape index (κ2) is 6.38. The Morgan fingerprint density at radius 2 is 2.06 bits per heavy atom. The maximum Gasteiger partial charge on any atom is 0.189 e. The molecule has 0 saturated heterocycles. The summed E-state index contributed by atoms with van der Waals surface area (Å²) < 4.78 is 0. The zero-order chi connectivity index (χ0) is 13.0. The van der Waals surface area contributed by atoms with Crippen molar-refractivity contribution in [3.8, 4) is 0 Å². The van der Waals surface area contributed by atoms with Crippen molar-refractivity contribution < 1.29 is 0 Å². The summed E-state index contributed by atoms with van der Waals surface area (Å²) in [6.07, 6.45) is 8.00. The monoisotopic (exact) mass is 266 g/mol. The number of nitrogens with zero attached hydrogens (tertiary/aromatic N) is 2. The van der Waals surface area contributed by atoms with Gasteiger partial charge in [-0.1, -0.05) is 24.6 Å². The molecule has 1 saturated carbocycles. The molecule has 4 nitrogen and oxygen atoms in total. The largest absolute Gasteiger partial charge is 0.367 e. The van der Waals surface area contributed by atoms with Crippen LogP contribution in [0.15, 0.2) is 5.16 Å². The lowest BCUT2D eigenvalue weighted by atomic mass is 10.1. The summed E-state index contributed by atoms with van der Waals surface area (Å²) in [6.45, 7) is 2.69. The summed E-state index contributed by atoms with van der Waals surface area (Å²) in [5, 5.41) is 4.43. The molecule has 0 radical (unpaired) electrons. The average molecular weight is 266 g/mol. The van der Waals surface area contributed by atoms with Crippen molar-refractivity contribution in [2.24, 2.45) is 5.73 Å². The van der Waals surface area contributed by atoms with Crippen LogP contribution < -0.4 is 11.1 Å². The van der Waals surface area contributed by atoms with E-state index in [1.54, 1.807) is 11.8 Å². The number of thioether (sulfide) groups is 1. The number of hydrogen-bond donors (Lipinski definition) is 2. The molecule has 1 heterocycles. The summed E-state index contributed by atoms with van der Waals surface area (Å²) >= 11 is 1.59. The van der Waals surface area contributed by atoms with E-state index in [0.717, 1.165) is 23.1 Å². The molecule has 1 aromatic heterocycles. The van der Waals surface area contributed by atoms with Gasteiger partial charge in [0.05, 0.1) is 0 Å². The van der Waals surface area contributed by atoms with E-state index >= 15 is 0 Å². The predicted molar refractivity (Wildman–Crippen MR) is 77.2 cm³/mol. The Labute approximate surface area is 113 Å². The molecule has 0 unspecified atom stereocenters. The molecule has 0 aromatic carbocycles. The van der Waals surface area contributed by atoms with Crippen LogP contribution in [0.5, 0.6) is 0 Å². The molecule has 5 heteroatoms. The van der Waals surface area contributed by atoms with E-state index in [0.29, 0.717) is 12.6 Å². The number of hydrogen-bond acceptors (Lipinski definition) is 5.